The Morgan fingerprint density at radius 2 is 1.86 bits per heavy atom. The maximum absolute atomic E-state index is 10.7. The lowest BCUT2D eigenvalue weighted by atomic mass is 10.00. The highest BCUT2D eigenvalue weighted by molar-refractivity contribution is 7.08. The van der Waals surface area contributed by atoms with E-state index in [1.807, 2.05) is 49.7 Å². The molecule has 1 heterocycles. The number of guanidine groups is 1. The van der Waals surface area contributed by atoms with Crippen molar-refractivity contribution in [3.8, 4) is 11.5 Å². The van der Waals surface area contributed by atoms with Crippen molar-refractivity contribution >= 4 is 17.3 Å². The van der Waals surface area contributed by atoms with Gasteiger partial charge in [0.1, 0.15) is 5.60 Å². The van der Waals surface area contributed by atoms with Crippen molar-refractivity contribution in [1.29, 1.82) is 0 Å². The molecule has 0 fully saturated rings. The summed E-state index contributed by atoms with van der Waals surface area (Å²) in [6.07, 6.45) is 0.817. The highest BCUT2D eigenvalue weighted by Gasteiger charge is 2.23. The van der Waals surface area contributed by atoms with Gasteiger partial charge >= 0.3 is 0 Å². The first-order valence-electron chi connectivity index (χ1n) is 10.2. The predicted molar refractivity (Wildman–Crippen MR) is 120 cm³/mol. The predicted octanol–water partition coefficient (Wildman–Crippen LogP) is 3.55. The van der Waals surface area contributed by atoms with E-state index in [0.717, 1.165) is 35.6 Å². The van der Waals surface area contributed by atoms with E-state index in [2.05, 4.69) is 21.7 Å². The van der Waals surface area contributed by atoms with Crippen LogP contribution in [0.4, 0.5) is 0 Å². The number of hydrogen-bond acceptors (Lipinski definition) is 5. The van der Waals surface area contributed by atoms with Gasteiger partial charge < -0.3 is 25.2 Å². The smallest absolute Gasteiger partial charge is 0.191 e. The topological polar surface area (TPSA) is 75.1 Å². The number of benzene rings is 1. The standard InChI is InChI=1S/C22H33N3O3S/c1-5-23-21(25-16-22(4,26)18-11-13-29-15-18)24-12-10-17-8-9-19(27-6-2)20(14-17)28-7-3/h8-9,11,13-15,26H,5-7,10,12,16H2,1-4H3,(H2,23,24,25). The minimum atomic E-state index is -0.982. The molecule has 29 heavy (non-hydrogen) atoms. The minimum Gasteiger partial charge on any atom is -0.490 e. The molecule has 6 nitrogen and oxygen atoms in total. The summed E-state index contributed by atoms with van der Waals surface area (Å²) in [5.74, 6) is 2.25. The normalized spacial score (nSPS) is 13.6. The lowest BCUT2D eigenvalue weighted by Gasteiger charge is -2.21. The number of nitrogens with one attached hydrogen (secondary N) is 2. The second-order valence-corrected chi connectivity index (χ2v) is 7.58. The van der Waals surface area contributed by atoms with Gasteiger partial charge in [0.2, 0.25) is 0 Å². The summed E-state index contributed by atoms with van der Waals surface area (Å²) in [7, 11) is 0. The lowest BCUT2D eigenvalue weighted by Crippen LogP contribution is -2.39. The highest BCUT2D eigenvalue weighted by Crippen LogP contribution is 2.28. The third-order valence-electron chi connectivity index (χ3n) is 4.35. The van der Waals surface area contributed by atoms with Gasteiger partial charge in [0.15, 0.2) is 17.5 Å². The molecule has 1 aromatic carbocycles. The van der Waals surface area contributed by atoms with Crippen molar-refractivity contribution in [3.63, 3.8) is 0 Å². The fourth-order valence-electron chi connectivity index (χ4n) is 2.81. The van der Waals surface area contributed by atoms with Crippen molar-refractivity contribution in [3.05, 3.63) is 46.2 Å². The zero-order chi connectivity index (χ0) is 21.1. The van der Waals surface area contributed by atoms with Crippen LogP contribution >= 0.6 is 11.3 Å². The van der Waals surface area contributed by atoms with Crippen LogP contribution in [0, 0.1) is 0 Å². The average molecular weight is 420 g/mol. The number of nitrogens with zero attached hydrogens (tertiary/aromatic N) is 1. The van der Waals surface area contributed by atoms with Gasteiger partial charge in [-0.25, -0.2) is 4.99 Å². The molecule has 7 heteroatoms. The van der Waals surface area contributed by atoms with Gasteiger partial charge in [0.25, 0.3) is 0 Å². The Kier molecular flexibility index (Phi) is 9.28. The SMILES string of the molecule is CCNC(=NCC(C)(O)c1ccsc1)NCCc1ccc(OCC)c(OCC)c1. The van der Waals surface area contributed by atoms with Gasteiger partial charge in [-0.1, -0.05) is 6.07 Å². The Balaban J connectivity index is 1.95. The second-order valence-electron chi connectivity index (χ2n) is 6.80. The Morgan fingerprint density at radius 1 is 1.10 bits per heavy atom. The van der Waals surface area contributed by atoms with Crippen LogP contribution in [0.25, 0.3) is 0 Å². The van der Waals surface area contributed by atoms with Crippen LogP contribution in [-0.2, 0) is 12.0 Å². The molecular formula is C22H33N3O3S. The molecule has 3 N–H and O–H groups in total. The van der Waals surface area contributed by atoms with Crippen molar-refractivity contribution in [2.45, 2.75) is 39.7 Å². The van der Waals surface area contributed by atoms with Crippen molar-refractivity contribution in [1.82, 2.24) is 10.6 Å². The van der Waals surface area contributed by atoms with Crippen molar-refractivity contribution in [2.24, 2.45) is 4.99 Å². The number of rotatable bonds is 11. The Hall–Kier alpha value is -2.25. The number of aliphatic imine (C=N–C) groups is 1. The van der Waals surface area contributed by atoms with Crippen molar-refractivity contribution < 1.29 is 14.6 Å². The van der Waals surface area contributed by atoms with E-state index in [9.17, 15) is 5.11 Å². The zero-order valence-electron chi connectivity index (χ0n) is 17.8. The van der Waals surface area contributed by atoms with E-state index in [0.29, 0.717) is 25.7 Å². The summed E-state index contributed by atoms with van der Waals surface area (Å²) < 4.78 is 11.3. The van der Waals surface area contributed by atoms with Gasteiger partial charge in [-0.15, -0.1) is 0 Å². The van der Waals surface area contributed by atoms with Gasteiger partial charge in [0.05, 0.1) is 19.8 Å². The summed E-state index contributed by atoms with van der Waals surface area (Å²) in [5.41, 5.74) is 1.06. The molecule has 0 aliphatic carbocycles. The van der Waals surface area contributed by atoms with Gasteiger partial charge in [-0.05, 0) is 74.2 Å². The van der Waals surface area contributed by atoms with E-state index in [1.165, 1.54) is 0 Å². The summed E-state index contributed by atoms with van der Waals surface area (Å²) in [6, 6.07) is 7.98. The summed E-state index contributed by atoms with van der Waals surface area (Å²) in [4.78, 5) is 4.56. The number of thiophene rings is 1. The second kappa shape index (κ2) is 11.7. The van der Waals surface area contributed by atoms with E-state index < -0.39 is 5.60 Å². The Bertz CT molecular complexity index is 761. The molecule has 0 amide bonds. The van der Waals surface area contributed by atoms with Crippen LogP contribution in [0.5, 0.6) is 11.5 Å². The van der Waals surface area contributed by atoms with Gasteiger partial charge in [-0.2, -0.15) is 11.3 Å². The number of hydrogen-bond donors (Lipinski definition) is 3. The number of aliphatic hydroxyl groups is 1. The third-order valence-corrected chi connectivity index (χ3v) is 5.03. The Morgan fingerprint density at radius 3 is 2.52 bits per heavy atom. The molecule has 1 aromatic heterocycles. The molecule has 0 bridgehead atoms. The summed E-state index contributed by atoms with van der Waals surface area (Å²) >= 11 is 1.57. The molecule has 0 aliphatic rings. The molecule has 160 valence electrons. The molecule has 2 aromatic rings. The van der Waals surface area contributed by atoms with E-state index in [4.69, 9.17) is 9.47 Å². The monoisotopic (exact) mass is 419 g/mol. The van der Waals surface area contributed by atoms with Crippen molar-refractivity contribution in [2.75, 3.05) is 32.8 Å². The molecule has 0 radical (unpaired) electrons. The van der Waals surface area contributed by atoms with Crippen LogP contribution in [0.1, 0.15) is 38.8 Å². The van der Waals surface area contributed by atoms with Crippen LogP contribution in [0.15, 0.2) is 40.0 Å². The van der Waals surface area contributed by atoms with Crippen LogP contribution in [-0.4, -0.2) is 43.9 Å². The highest BCUT2D eigenvalue weighted by atomic mass is 32.1. The zero-order valence-corrected chi connectivity index (χ0v) is 18.6. The molecule has 0 spiro atoms. The third kappa shape index (κ3) is 7.25. The molecule has 1 atom stereocenters. The fourth-order valence-corrected chi connectivity index (χ4v) is 3.60. The lowest BCUT2D eigenvalue weighted by molar-refractivity contribution is 0.0677. The van der Waals surface area contributed by atoms with Crippen LogP contribution < -0.4 is 20.1 Å². The minimum absolute atomic E-state index is 0.288. The largest absolute Gasteiger partial charge is 0.490 e. The maximum atomic E-state index is 10.7. The first-order valence-corrected chi connectivity index (χ1v) is 11.1. The molecule has 0 saturated heterocycles. The summed E-state index contributed by atoms with van der Waals surface area (Å²) in [5, 5.41) is 21.1. The van der Waals surface area contributed by atoms with E-state index in [-0.39, 0.29) is 6.54 Å². The van der Waals surface area contributed by atoms with Gasteiger partial charge in [-0.3, -0.25) is 0 Å². The first kappa shape index (κ1) is 23.0. The molecular weight excluding hydrogens is 386 g/mol. The number of ether oxygens (including phenoxy) is 2. The molecule has 0 aliphatic heterocycles. The first-order chi connectivity index (χ1) is 14.0. The Labute approximate surface area is 178 Å². The van der Waals surface area contributed by atoms with Crippen LogP contribution in [0.2, 0.25) is 0 Å². The maximum Gasteiger partial charge on any atom is 0.191 e. The molecule has 2 rings (SSSR count). The van der Waals surface area contributed by atoms with Gasteiger partial charge in [0, 0.05) is 13.1 Å². The van der Waals surface area contributed by atoms with Crippen LogP contribution in [0.3, 0.4) is 0 Å². The average Bonchev–Trinajstić information content (AvgIpc) is 3.24. The summed E-state index contributed by atoms with van der Waals surface area (Å²) in [6.45, 7) is 10.7. The molecule has 1 unspecified atom stereocenters. The van der Waals surface area contributed by atoms with E-state index >= 15 is 0 Å². The quantitative estimate of drug-likeness (QED) is 0.384. The molecule has 0 saturated carbocycles. The van der Waals surface area contributed by atoms with E-state index in [1.54, 1.807) is 18.3 Å². The fraction of sp³-hybridized carbons (Fsp3) is 0.500.